The summed E-state index contributed by atoms with van der Waals surface area (Å²) in [6.07, 6.45) is 4.54. The Morgan fingerprint density at radius 3 is 2.64 bits per heavy atom. The van der Waals surface area contributed by atoms with E-state index in [-0.39, 0.29) is 23.4 Å². The molecule has 2 nitrogen and oxygen atoms in total. The van der Waals surface area contributed by atoms with E-state index in [1.807, 2.05) is 0 Å². The fourth-order valence-corrected chi connectivity index (χ4v) is 2.22. The summed E-state index contributed by atoms with van der Waals surface area (Å²) in [6.45, 7) is 0. The lowest BCUT2D eigenvalue weighted by atomic mass is 10.00. The smallest absolute Gasteiger partial charge is 0.146 e. The molecule has 2 aliphatic rings. The molecule has 2 rings (SSSR count). The predicted molar refractivity (Wildman–Crippen MR) is 40.1 cm³/mol. The molecule has 0 aliphatic heterocycles. The van der Waals surface area contributed by atoms with E-state index in [2.05, 4.69) is 0 Å². The number of ketones is 2. The first-order valence-electron chi connectivity index (χ1n) is 4.35. The minimum absolute atomic E-state index is 0.106. The average Bonchev–Trinajstić information content (AvgIpc) is 2.17. The van der Waals surface area contributed by atoms with Crippen molar-refractivity contribution in [3.63, 3.8) is 0 Å². The van der Waals surface area contributed by atoms with Gasteiger partial charge in [-0.05, 0) is 12.8 Å². The van der Waals surface area contributed by atoms with Crippen molar-refractivity contribution in [2.24, 2.45) is 11.8 Å². The van der Waals surface area contributed by atoms with E-state index in [4.69, 9.17) is 0 Å². The van der Waals surface area contributed by atoms with Gasteiger partial charge in [-0.2, -0.15) is 0 Å². The molecule has 2 bridgehead atoms. The number of hydrogen-bond donors (Lipinski definition) is 0. The number of carbonyl (C=O) groups is 2. The molecule has 2 atom stereocenters. The highest BCUT2D eigenvalue weighted by Crippen LogP contribution is 2.34. The second kappa shape index (κ2) is 2.43. The Labute approximate surface area is 66.0 Å². The van der Waals surface area contributed by atoms with E-state index < -0.39 is 0 Å². The fourth-order valence-electron chi connectivity index (χ4n) is 2.22. The summed E-state index contributed by atoms with van der Waals surface area (Å²) < 4.78 is 0. The summed E-state index contributed by atoms with van der Waals surface area (Å²) in [5.74, 6) is 0.365. The lowest BCUT2D eigenvalue weighted by Crippen LogP contribution is -2.14. The Bertz CT molecular complexity index is 208. The number of hydrogen-bond acceptors (Lipinski definition) is 2. The Hall–Kier alpha value is -0.660. The molecular weight excluding hydrogens is 140 g/mol. The van der Waals surface area contributed by atoms with Gasteiger partial charge in [0, 0.05) is 12.3 Å². The van der Waals surface area contributed by atoms with Gasteiger partial charge in [0.15, 0.2) is 0 Å². The first-order valence-corrected chi connectivity index (χ1v) is 4.35. The molecule has 0 spiro atoms. The van der Waals surface area contributed by atoms with E-state index in [0.717, 1.165) is 25.7 Å². The van der Waals surface area contributed by atoms with Crippen molar-refractivity contribution < 1.29 is 9.59 Å². The van der Waals surface area contributed by atoms with Gasteiger partial charge >= 0.3 is 0 Å². The van der Waals surface area contributed by atoms with Crippen LogP contribution in [0, 0.1) is 11.8 Å². The summed E-state index contributed by atoms with van der Waals surface area (Å²) in [5.41, 5.74) is 0. The third kappa shape index (κ3) is 1.01. The molecule has 2 saturated carbocycles. The minimum atomic E-state index is -0.192. The Morgan fingerprint density at radius 1 is 1.09 bits per heavy atom. The number of fused-ring (bicyclic) bond motifs is 2. The van der Waals surface area contributed by atoms with Crippen molar-refractivity contribution in [2.45, 2.75) is 32.1 Å². The summed E-state index contributed by atoms with van der Waals surface area (Å²) in [5, 5.41) is 0. The van der Waals surface area contributed by atoms with Crippen molar-refractivity contribution in [3.05, 3.63) is 0 Å². The van der Waals surface area contributed by atoms with Crippen LogP contribution in [-0.2, 0) is 9.59 Å². The Balaban J connectivity index is 2.25. The van der Waals surface area contributed by atoms with E-state index >= 15 is 0 Å². The largest absolute Gasteiger partial charge is 0.299 e. The van der Waals surface area contributed by atoms with Crippen molar-refractivity contribution in [1.29, 1.82) is 0 Å². The summed E-state index contributed by atoms with van der Waals surface area (Å²) >= 11 is 0. The Morgan fingerprint density at radius 2 is 1.82 bits per heavy atom. The molecule has 2 aliphatic carbocycles. The van der Waals surface area contributed by atoms with Crippen LogP contribution in [0.4, 0.5) is 0 Å². The fraction of sp³-hybridized carbons (Fsp3) is 0.778. The first-order chi connectivity index (χ1) is 5.29. The van der Waals surface area contributed by atoms with Crippen molar-refractivity contribution >= 4 is 11.6 Å². The van der Waals surface area contributed by atoms with Gasteiger partial charge in [0.1, 0.15) is 11.6 Å². The lowest BCUT2D eigenvalue weighted by Gasteiger charge is -2.03. The quantitative estimate of drug-likeness (QED) is 0.491. The maximum atomic E-state index is 11.4. The summed E-state index contributed by atoms with van der Waals surface area (Å²) in [4.78, 5) is 22.6. The molecule has 60 valence electrons. The van der Waals surface area contributed by atoms with Gasteiger partial charge in [-0.25, -0.2) is 0 Å². The Kier molecular flexibility index (Phi) is 1.55. The molecule has 0 aromatic heterocycles. The van der Waals surface area contributed by atoms with Crippen molar-refractivity contribution in [2.75, 3.05) is 0 Å². The van der Waals surface area contributed by atoms with Gasteiger partial charge in [0.2, 0.25) is 0 Å². The van der Waals surface area contributed by atoms with Crippen molar-refractivity contribution in [3.8, 4) is 0 Å². The monoisotopic (exact) mass is 152 g/mol. The van der Waals surface area contributed by atoms with Crippen LogP contribution >= 0.6 is 0 Å². The SMILES string of the molecule is O=C1CC2CCCCC1C2=O. The normalized spacial score (nSPS) is 37.5. The minimum Gasteiger partial charge on any atom is -0.299 e. The van der Waals surface area contributed by atoms with E-state index in [1.54, 1.807) is 0 Å². The van der Waals surface area contributed by atoms with Crippen LogP contribution in [0.15, 0.2) is 0 Å². The molecule has 0 radical (unpaired) electrons. The molecule has 11 heavy (non-hydrogen) atoms. The highest BCUT2D eigenvalue weighted by molar-refractivity contribution is 6.10. The van der Waals surface area contributed by atoms with E-state index in [0.29, 0.717) is 6.42 Å². The topological polar surface area (TPSA) is 34.1 Å². The highest BCUT2D eigenvalue weighted by Gasteiger charge is 2.41. The van der Waals surface area contributed by atoms with Crippen LogP contribution < -0.4 is 0 Å². The zero-order valence-electron chi connectivity index (χ0n) is 6.51. The van der Waals surface area contributed by atoms with Gasteiger partial charge in [0.05, 0.1) is 5.92 Å². The molecule has 0 aromatic rings. The molecule has 2 heteroatoms. The second-order valence-corrected chi connectivity index (χ2v) is 3.61. The molecule has 0 saturated heterocycles. The first kappa shape index (κ1) is 7.01. The average molecular weight is 152 g/mol. The van der Waals surface area contributed by atoms with Gasteiger partial charge < -0.3 is 0 Å². The number of carbonyl (C=O) groups excluding carboxylic acids is 2. The van der Waals surface area contributed by atoms with E-state index in [1.165, 1.54) is 0 Å². The van der Waals surface area contributed by atoms with Crippen LogP contribution in [0.25, 0.3) is 0 Å². The van der Waals surface area contributed by atoms with Gasteiger partial charge in [0.25, 0.3) is 0 Å². The molecule has 2 fully saturated rings. The predicted octanol–water partition coefficient (Wildman–Crippen LogP) is 1.33. The van der Waals surface area contributed by atoms with Gasteiger partial charge in [-0.1, -0.05) is 12.8 Å². The van der Waals surface area contributed by atoms with Crippen LogP contribution in [0.5, 0.6) is 0 Å². The molecule has 0 amide bonds. The van der Waals surface area contributed by atoms with Crippen molar-refractivity contribution in [1.82, 2.24) is 0 Å². The molecule has 2 unspecified atom stereocenters. The standard InChI is InChI=1S/C9H12O2/c10-8-5-6-3-1-2-4-7(8)9(6)11/h6-7H,1-5H2. The number of rotatable bonds is 0. The number of Topliss-reactive ketones (excluding diaryl/α,β-unsaturated/α-hetero) is 2. The van der Waals surface area contributed by atoms with Crippen LogP contribution in [0.3, 0.4) is 0 Å². The molecular formula is C9H12O2. The molecule has 0 aromatic carbocycles. The lowest BCUT2D eigenvalue weighted by molar-refractivity contribution is -0.128. The van der Waals surface area contributed by atoms with Gasteiger partial charge in [-0.3, -0.25) is 9.59 Å². The second-order valence-electron chi connectivity index (χ2n) is 3.61. The highest BCUT2D eigenvalue weighted by atomic mass is 16.2. The summed E-state index contributed by atoms with van der Waals surface area (Å²) in [7, 11) is 0. The van der Waals surface area contributed by atoms with Crippen LogP contribution in [0.2, 0.25) is 0 Å². The zero-order chi connectivity index (χ0) is 7.84. The molecule has 0 N–H and O–H groups in total. The molecule has 0 heterocycles. The maximum absolute atomic E-state index is 11.4. The summed E-state index contributed by atoms with van der Waals surface area (Å²) in [6, 6.07) is 0. The third-order valence-corrected chi connectivity index (χ3v) is 2.88. The van der Waals surface area contributed by atoms with Gasteiger partial charge in [-0.15, -0.1) is 0 Å². The van der Waals surface area contributed by atoms with Crippen LogP contribution in [0.1, 0.15) is 32.1 Å². The maximum Gasteiger partial charge on any atom is 0.146 e. The third-order valence-electron chi connectivity index (χ3n) is 2.88. The van der Waals surface area contributed by atoms with Crippen LogP contribution in [-0.4, -0.2) is 11.6 Å². The zero-order valence-corrected chi connectivity index (χ0v) is 6.51. The van der Waals surface area contributed by atoms with E-state index in [9.17, 15) is 9.59 Å².